The van der Waals surface area contributed by atoms with Crippen LogP contribution in [0.3, 0.4) is 0 Å². The number of esters is 1. The molecular weight excluding hydrogens is 530 g/mol. The highest BCUT2D eigenvalue weighted by molar-refractivity contribution is 6.00. The molecular formula is C30H41N3O8. The topological polar surface area (TPSA) is 137 Å². The van der Waals surface area contributed by atoms with Gasteiger partial charge in [-0.3, -0.25) is 15.0 Å². The highest BCUT2D eigenvalue weighted by Crippen LogP contribution is 2.34. The van der Waals surface area contributed by atoms with Crippen molar-refractivity contribution in [2.75, 3.05) is 27.4 Å². The number of hydrogen-bond acceptors (Lipinski definition) is 10. The van der Waals surface area contributed by atoms with E-state index in [4.69, 9.17) is 33.8 Å². The van der Waals surface area contributed by atoms with E-state index in [9.17, 15) is 9.59 Å². The Bertz CT molecular complexity index is 1210. The standard InChI is InChI=1S/C30H41N3O8/c1-20-30(16-15-25(35)41-29(2,3)4,28(36)33-31-19-22-9-7-10-24(37-5)26(22)38-6)32-27(40-20)21-11-13-23(14-12-21)39-18-8-17-34/h7,9-14,20,31,34H,8,15-19H2,1-6H3,(H,33,36)/t20-,30-/m0/s1. The number of nitrogens with one attached hydrogen (secondary N) is 2. The zero-order valence-electron chi connectivity index (χ0n) is 24.6. The van der Waals surface area contributed by atoms with Crippen LogP contribution in [-0.4, -0.2) is 67.6 Å². The van der Waals surface area contributed by atoms with Gasteiger partial charge in [0.1, 0.15) is 17.5 Å². The largest absolute Gasteiger partial charge is 0.494 e. The third-order valence-corrected chi connectivity index (χ3v) is 6.42. The van der Waals surface area contributed by atoms with E-state index in [2.05, 4.69) is 10.9 Å². The Morgan fingerprint density at radius 2 is 1.83 bits per heavy atom. The van der Waals surface area contributed by atoms with Crippen molar-refractivity contribution in [3.63, 3.8) is 0 Å². The van der Waals surface area contributed by atoms with Crippen LogP contribution in [0.1, 0.15) is 58.1 Å². The molecule has 1 heterocycles. The molecule has 2 aromatic carbocycles. The number of aliphatic hydroxyl groups excluding tert-OH is 1. The minimum Gasteiger partial charge on any atom is -0.494 e. The van der Waals surface area contributed by atoms with Gasteiger partial charge < -0.3 is 28.8 Å². The molecule has 2 aromatic rings. The van der Waals surface area contributed by atoms with Crippen LogP contribution < -0.4 is 25.1 Å². The van der Waals surface area contributed by atoms with E-state index >= 15 is 0 Å². The average molecular weight is 572 g/mol. The zero-order valence-corrected chi connectivity index (χ0v) is 24.6. The Hall–Kier alpha value is -3.83. The summed E-state index contributed by atoms with van der Waals surface area (Å²) in [6.07, 6.45) is -0.0988. The van der Waals surface area contributed by atoms with Gasteiger partial charge in [0.25, 0.3) is 5.91 Å². The molecule has 3 rings (SSSR count). The summed E-state index contributed by atoms with van der Waals surface area (Å²) < 4.78 is 28.0. The maximum Gasteiger partial charge on any atom is 0.306 e. The highest BCUT2D eigenvalue weighted by atomic mass is 16.6. The molecule has 11 heteroatoms. The minimum atomic E-state index is -1.39. The molecule has 224 valence electrons. The Kier molecular flexibility index (Phi) is 11.0. The number of para-hydroxylation sites is 1. The number of methoxy groups -OCH3 is 2. The summed E-state index contributed by atoms with van der Waals surface area (Å²) in [6.45, 7) is 7.82. The number of aliphatic imine (C=N–C) groups is 1. The molecule has 0 spiro atoms. The van der Waals surface area contributed by atoms with Crippen molar-refractivity contribution in [2.24, 2.45) is 4.99 Å². The molecule has 41 heavy (non-hydrogen) atoms. The van der Waals surface area contributed by atoms with Crippen LogP contribution in [0.15, 0.2) is 47.5 Å². The molecule has 0 aliphatic carbocycles. The number of carbonyl (C=O) groups is 2. The summed E-state index contributed by atoms with van der Waals surface area (Å²) in [6, 6.07) is 12.6. The van der Waals surface area contributed by atoms with Gasteiger partial charge in [0.05, 0.1) is 20.8 Å². The third-order valence-electron chi connectivity index (χ3n) is 6.42. The first-order valence-corrected chi connectivity index (χ1v) is 13.6. The Morgan fingerprint density at radius 1 is 1.10 bits per heavy atom. The van der Waals surface area contributed by atoms with Crippen molar-refractivity contribution in [3.8, 4) is 17.2 Å². The molecule has 0 fully saturated rings. The van der Waals surface area contributed by atoms with E-state index in [1.807, 2.05) is 12.1 Å². The van der Waals surface area contributed by atoms with E-state index in [0.29, 0.717) is 35.8 Å². The number of carbonyl (C=O) groups excluding carboxylic acids is 2. The van der Waals surface area contributed by atoms with Gasteiger partial charge in [-0.15, -0.1) is 0 Å². The molecule has 1 aliphatic rings. The predicted molar refractivity (Wildman–Crippen MR) is 153 cm³/mol. The molecule has 0 saturated carbocycles. The van der Waals surface area contributed by atoms with Gasteiger partial charge in [0.15, 0.2) is 17.0 Å². The summed E-state index contributed by atoms with van der Waals surface area (Å²) >= 11 is 0. The first-order chi connectivity index (χ1) is 19.5. The molecule has 3 N–H and O–H groups in total. The van der Waals surface area contributed by atoms with Crippen molar-refractivity contribution >= 4 is 17.8 Å². The number of rotatable bonds is 14. The second-order valence-corrected chi connectivity index (χ2v) is 10.6. The fraction of sp³-hybridized carbons (Fsp3) is 0.500. The first-order valence-electron chi connectivity index (χ1n) is 13.6. The molecule has 1 amide bonds. The molecule has 0 saturated heterocycles. The fourth-order valence-corrected chi connectivity index (χ4v) is 4.36. The zero-order chi connectivity index (χ0) is 30.0. The van der Waals surface area contributed by atoms with E-state index in [-0.39, 0.29) is 31.9 Å². The lowest BCUT2D eigenvalue weighted by Crippen LogP contribution is -2.54. The number of ether oxygens (including phenoxy) is 5. The Balaban J connectivity index is 1.81. The SMILES string of the molecule is COc1cccc(CNNC(=O)[C@@]2(CCC(=O)OC(C)(C)C)N=C(c3ccc(OCCCO)cc3)O[C@H]2C)c1OC. The molecule has 0 aromatic heterocycles. The number of amides is 1. The van der Waals surface area contributed by atoms with Crippen molar-refractivity contribution < 1.29 is 38.4 Å². The number of nitrogens with zero attached hydrogens (tertiary/aromatic N) is 1. The summed E-state index contributed by atoms with van der Waals surface area (Å²) in [7, 11) is 3.10. The molecule has 0 radical (unpaired) electrons. The summed E-state index contributed by atoms with van der Waals surface area (Å²) in [5.41, 5.74) is 5.08. The van der Waals surface area contributed by atoms with Crippen LogP contribution in [0.5, 0.6) is 17.2 Å². The Morgan fingerprint density at radius 3 is 2.46 bits per heavy atom. The number of benzene rings is 2. The second-order valence-electron chi connectivity index (χ2n) is 10.6. The fourth-order valence-electron chi connectivity index (χ4n) is 4.36. The average Bonchev–Trinajstić information content (AvgIpc) is 3.28. The van der Waals surface area contributed by atoms with Gasteiger partial charge in [0, 0.05) is 37.1 Å². The van der Waals surface area contributed by atoms with Gasteiger partial charge in [-0.25, -0.2) is 10.4 Å². The van der Waals surface area contributed by atoms with E-state index < -0.39 is 29.1 Å². The van der Waals surface area contributed by atoms with Crippen LogP contribution in [0.4, 0.5) is 0 Å². The smallest absolute Gasteiger partial charge is 0.306 e. The number of hydrazine groups is 1. The summed E-state index contributed by atoms with van der Waals surface area (Å²) in [5.74, 6) is 1.17. The van der Waals surface area contributed by atoms with Crippen LogP contribution in [0, 0.1) is 0 Å². The van der Waals surface area contributed by atoms with Crippen LogP contribution in [0.2, 0.25) is 0 Å². The molecule has 11 nitrogen and oxygen atoms in total. The summed E-state index contributed by atoms with van der Waals surface area (Å²) in [5, 5.41) is 8.95. The van der Waals surface area contributed by atoms with E-state index in [1.54, 1.807) is 72.2 Å². The molecule has 0 bridgehead atoms. The van der Waals surface area contributed by atoms with Gasteiger partial charge in [-0.05, 0) is 64.4 Å². The predicted octanol–water partition coefficient (Wildman–Crippen LogP) is 3.31. The minimum absolute atomic E-state index is 0.0312. The first kappa shape index (κ1) is 31.7. The third kappa shape index (κ3) is 8.34. The molecule has 1 aliphatic heterocycles. The van der Waals surface area contributed by atoms with Gasteiger partial charge in [0.2, 0.25) is 5.90 Å². The van der Waals surface area contributed by atoms with Gasteiger partial charge >= 0.3 is 5.97 Å². The quantitative estimate of drug-likeness (QED) is 0.177. The monoisotopic (exact) mass is 571 g/mol. The molecule has 0 unspecified atom stereocenters. The highest BCUT2D eigenvalue weighted by Gasteiger charge is 2.50. The van der Waals surface area contributed by atoms with E-state index in [0.717, 1.165) is 5.56 Å². The molecule has 2 atom stereocenters. The van der Waals surface area contributed by atoms with Crippen LogP contribution in [-0.2, 0) is 25.6 Å². The van der Waals surface area contributed by atoms with E-state index in [1.165, 1.54) is 0 Å². The lowest BCUT2D eigenvalue weighted by molar-refractivity contribution is -0.155. The normalized spacial score (nSPS) is 18.2. The van der Waals surface area contributed by atoms with Crippen molar-refractivity contribution in [1.82, 2.24) is 10.9 Å². The maximum atomic E-state index is 13.7. The lowest BCUT2D eigenvalue weighted by atomic mass is 9.88. The Labute approximate surface area is 241 Å². The second kappa shape index (κ2) is 14.2. The summed E-state index contributed by atoms with van der Waals surface area (Å²) in [4.78, 5) is 31.1. The van der Waals surface area contributed by atoms with Crippen molar-refractivity contribution in [2.45, 2.75) is 70.7 Å². The van der Waals surface area contributed by atoms with Crippen LogP contribution in [0.25, 0.3) is 0 Å². The maximum absolute atomic E-state index is 13.7. The van der Waals surface area contributed by atoms with Gasteiger partial charge in [-0.2, -0.15) is 0 Å². The van der Waals surface area contributed by atoms with Gasteiger partial charge in [-0.1, -0.05) is 12.1 Å². The van der Waals surface area contributed by atoms with Crippen molar-refractivity contribution in [3.05, 3.63) is 53.6 Å². The van der Waals surface area contributed by atoms with Crippen LogP contribution >= 0.6 is 0 Å². The number of hydrogen-bond donors (Lipinski definition) is 3. The number of aliphatic hydroxyl groups is 1. The van der Waals surface area contributed by atoms with Crippen molar-refractivity contribution in [1.29, 1.82) is 0 Å². The lowest BCUT2D eigenvalue weighted by Gasteiger charge is -2.28.